The molecule has 4 rings (SSSR count). The number of hydrogen-bond acceptors (Lipinski definition) is 4. The smallest absolute Gasteiger partial charge is 0.261 e. The molecule has 1 atom stereocenters. The molecular formula is C19H19FN2O4S. The highest BCUT2D eigenvalue weighted by atomic mass is 32.2. The fourth-order valence-electron chi connectivity index (χ4n) is 3.45. The summed E-state index contributed by atoms with van der Waals surface area (Å²) in [5.41, 5.74) is 2.05. The van der Waals surface area contributed by atoms with Crippen LogP contribution in [0, 0.1) is 5.82 Å². The number of carbonyl (C=O) groups is 1. The van der Waals surface area contributed by atoms with Crippen molar-refractivity contribution < 1.29 is 22.3 Å². The number of benzene rings is 2. The molecule has 1 saturated heterocycles. The highest BCUT2D eigenvalue weighted by Crippen LogP contribution is 2.33. The van der Waals surface area contributed by atoms with Gasteiger partial charge in [0.2, 0.25) is 0 Å². The van der Waals surface area contributed by atoms with Crippen molar-refractivity contribution in [1.82, 2.24) is 0 Å². The average molecular weight is 390 g/mol. The number of nitrogens with one attached hydrogen (secondary N) is 1. The molecule has 1 unspecified atom stereocenters. The number of halogens is 1. The first-order chi connectivity index (χ1) is 12.9. The van der Waals surface area contributed by atoms with E-state index in [1.807, 2.05) is 6.07 Å². The molecule has 0 radical (unpaired) electrons. The summed E-state index contributed by atoms with van der Waals surface area (Å²) in [6.45, 7) is 1.15. The van der Waals surface area contributed by atoms with Gasteiger partial charge in [-0.25, -0.2) is 12.8 Å². The van der Waals surface area contributed by atoms with Crippen molar-refractivity contribution in [3.8, 4) is 0 Å². The summed E-state index contributed by atoms with van der Waals surface area (Å²) in [6.07, 6.45) is 1.88. The molecule has 27 heavy (non-hydrogen) atoms. The van der Waals surface area contributed by atoms with Crippen LogP contribution in [0.4, 0.5) is 15.8 Å². The highest BCUT2D eigenvalue weighted by molar-refractivity contribution is 7.92. The monoisotopic (exact) mass is 390 g/mol. The van der Waals surface area contributed by atoms with E-state index in [9.17, 15) is 17.6 Å². The van der Waals surface area contributed by atoms with Gasteiger partial charge in [0.15, 0.2) is 0 Å². The Bertz CT molecular complexity index is 970. The van der Waals surface area contributed by atoms with E-state index in [1.54, 1.807) is 17.0 Å². The topological polar surface area (TPSA) is 75.7 Å². The van der Waals surface area contributed by atoms with E-state index in [1.165, 1.54) is 12.1 Å². The Morgan fingerprint density at radius 2 is 1.96 bits per heavy atom. The molecule has 0 spiro atoms. The molecule has 8 heteroatoms. The number of hydrogen-bond donors (Lipinski definition) is 1. The van der Waals surface area contributed by atoms with Crippen molar-refractivity contribution in [2.45, 2.75) is 30.3 Å². The molecule has 6 nitrogen and oxygen atoms in total. The van der Waals surface area contributed by atoms with E-state index in [4.69, 9.17) is 4.74 Å². The molecule has 0 aliphatic carbocycles. The number of sulfonamides is 1. The van der Waals surface area contributed by atoms with Gasteiger partial charge in [-0.2, -0.15) is 0 Å². The van der Waals surface area contributed by atoms with E-state index in [0.717, 1.165) is 30.5 Å². The normalized spacial score (nSPS) is 19.1. The van der Waals surface area contributed by atoms with E-state index < -0.39 is 21.9 Å². The quantitative estimate of drug-likeness (QED) is 0.871. The van der Waals surface area contributed by atoms with Gasteiger partial charge in [-0.1, -0.05) is 6.07 Å². The number of nitrogens with zero attached hydrogens (tertiary/aromatic N) is 1. The van der Waals surface area contributed by atoms with Crippen molar-refractivity contribution in [3.63, 3.8) is 0 Å². The van der Waals surface area contributed by atoms with Gasteiger partial charge in [0.1, 0.15) is 11.9 Å². The van der Waals surface area contributed by atoms with Gasteiger partial charge in [-0.3, -0.25) is 9.52 Å². The van der Waals surface area contributed by atoms with Crippen molar-refractivity contribution in [1.29, 1.82) is 0 Å². The minimum atomic E-state index is -3.85. The molecule has 1 N–H and O–H groups in total. The molecule has 0 bridgehead atoms. The van der Waals surface area contributed by atoms with Crippen LogP contribution in [0.15, 0.2) is 47.4 Å². The molecule has 0 saturated carbocycles. The van der Waals surface area contributed by atoms with E-state index in [-0.39, 0.29) is 10.8 Å². The molecule has 0 aromatic heterocycles. The zero-order valence-electron chi connectivity index (χ0n) is 14.5. The summed E-state index contributed by atoms with van der Waals surface area (Å²) in [6, 6.07) is 9.76. The molecule has 1 amide bonds. The molecule has 142 valence electrons. The Kier molecular flexibility index (Phi) is 4.61. The van der Waals surface area contributed by atoms with Crippen LogP contribution in [0.2, 0.25) is 0 Å². The SMILES string of the molecule is O=C(C1CCCO1)N1CCc2ccc(NS(=O)(=O)c3ccc(F)cc3)cc21. The summed E-state index contributed by atoms with van der Waals surface area (Å²) in [5.74, 6) is -0.584. The molecule has 2 aliphatic rings. The van der Waals surface area contributed by atoms with Crippen LogP contribution in [-0.2, 0) is 26.0 Å². The third-order valence-electron chi connectivity index (χ3n) is 4.83. The average Bonchev–Trinajstić information content (AvgIpc) is 3.31. The summed E-state index contributed by atoms with van der Waals surface area (Å²) >= 11 is 0. The number of rotatable bonds is 4. The van der Waals surface area contributed by atoms with Crippen LogP contribution in [0.3, 0.4) is 0 Å². The Balaban J connectivity index is 1.58. The second kappa shape index (κ2) is 6.94. The zero-order chi connectivity index (χ0) is 19.0. The molecule has 2 heterocycles. The van der Waals surface area contributed by atoms with Crippen LogP contribution in [-0.4, -0.2) is 33.6 Å². The van der Waals surface area contributed by atoms with Crippen molar-refractivity contribution in [2.75, 3.05) is 22.8 Å². The predicted molar refractivity (Wildman–Crippen MR) is 98.7 cm³/mol. The molecule has 2 aromatic rings. The Morgan fingerprint density at radius 1 is 1.19 bits per heavy atom. The first-order valence-electron chi connectivity index (χ1n) is 8.78. The number of ether oxygens (including phenoxy) is 1. The summed E-state index contributed by atoms with van der Waals surface area (Å²) in [4.78, 5) is 14.3. The minimum Gasteiger partial charge on any atom is -0.368 e. The van der Waals surface area contributed by atoms with Crippen LogP contribution in [0.5, 0.6) is 0 Å². The van der Waals surface area contributed by atoms with Crippen LogP contribution in [0.25, 0.3) is 0 Å². The molecule has 1 fully saturated rings. The lowest BCUT2D eigenvalue weighted by atomic mass is 10.1. The minimum absolute atomic E-state index is 0.0308. The van der Waals surface area contributed by atoms with Crippen LogP contribution < -0.4 is 9.62 Å². The van der Waals surface area contributed by atoms with Crippen molar-refractivity contribution in [3.05, 3.63) is 53.8 Å². The second-order valence-electron chi connectivity index (χ2n) is 6.64. The number of amides is 1. The number of fused-ring (bicyclic) bond motifs is 1. The molecule has 2 aromatic carbocycles. The Hall–Kier alpha value is -2.45. The van der Waals surface area contributed by atoms with Crippen molar-refractivity contribution in [2.24, 2.45) is 0 Å². The predicted octanol–water partition coefficient (Wildman–Crippen LogP) is 2.69. The van der Waals surface area contributed by atoms with Gasteiger partial charge in [-0.05, 0) is 61.2 Å². The Morgan fingerprint density at radius 3 is 2.67 bits per heavy atom. The van der Waals surface area contributed by atoms with Gasteiger partial charge in [-0.15, -0.1) is 0 Å². The van der Waals surface area contributed by atoms with E-state index in [2.05, 4.69) is 4.72 Å². The third-order valence-corrected chi connectivity index (χ3v) is 6.23. The molecular weight excluding hydrogens is 371 g/mol. The molecule has 2 aliphatic heterocycles. The third kappa shape index (κ3) is 3.54. The van der Waals surface area contributed by atoms with Crippen molar-refractivity contribution >= 4 is 27.3 Å². The standard InChI is InChI=1S/C19H19FN2O4S/c20-14-4-7-16(8-5-14)27(24,25)21-15-6-3-13-9-10-22(17(13)12-15)19(23)18-2-1-11-26-18/h3-8,12,18,21H,1-2,9-11H2. The van der Waals surface area contributed by atoms with Gasteiger partial charge in [0.05, 0.1) is 10.6 Å². The highest BCUT2D eigenvalue weighted by Gasteiger charge is 2.33. The first kappa shape index (κ1) is 17.9. The fourth-order valence-corrected chi connectivity index (χ4v) is 4.50. The maximum Gasteiger partial charge on any atom is 0.261 e. The fraction of sp³-hybridized carbons (Fsp3) is 0.316. The number of anilines is 2. The summed E-state index contributed by atoms with van der Waals surface area (Å²) in [7, 11) is -3.85. The van der Waals surface area contributed by atoms with Gasteiger partial charge in [0.25, 0.3) is 15.9 Å². The largest absolute Gasteiger partial charge is 0.368 e. The van der Waals surface area contributed by atoms with Gasteiger partial charge < -0.3 is 9.64 Å². The second-order valence-corrected chi connectivity index (χ2v) is 8.33. The lowest BCUT2D eigenvalue weighted by molar-refractivity contribution is -0.127. The van der Waals surface area contributed by atoms with Crippen LogP contribution in [0.1, 0.15) is 18.4 Å². The number of carbonyl (C=O) groups excluding carboxylic acids is 1. The zero-order valence-corrected chi connectivity index (χ0v) is 15.3. The Labute approximate surface area is 157 Å². The summed E-state index contributed by atoms with van der Waals surface area (Å²) in [5, 5.41) is 0. The van der Waals surface area contributed by atoms with Gasteiger partial charge in [0, 0.05) is 18.8 Å². The lowest BCUT2D eigenvalue weighted by Gasteiger charge is -2.21. The maximum absolute atomic E-state index is 13.0. The lowest BCUT2D eigenvalue weighted by Crippen LogP contribution is -2.37. The van der Waals surface area contributed by atoms with E-state index >= 15 is 0 Å². The van der Waals surface area contributed by atoms with Gasteiger partial charge >= 0.3 is 0 Å². The first-order valence-corrected chi connectivity index (χ1v) is 10.3. The summed E-state index contributed by atoms with van der Waals surface area (Å²) < 4.78 is 46.0. The van der Waals surface area contributed by atoms with Crippen LogP contribution >= 0.6 is 0 Å². The maximum atomic E-state index is 13.0. The van der Waals surface area contributed by atoms with E-state index in [0.29, 0.717) is 30.9 Å².